The van der Waals surface area contributed by atoms with Crippen LogP contribution >= 0.6 is 37.3 Å². The Labute approximate surface area is 108 Å². The molecule has 0 heterocycles. The molecule has 0 radical (unpaired) electrons. The Bertz CT molecular complexity index is 312. The minimum absolute atomic E-state index is 0. The van der Waals surface area contributed by atoms with Crippen LogP contribution in [0.15, 0.2) is 24.3 Å². The highest BCUT2D eigenvalue weighted by Gasteiger charge is 1.98. The summed E-state index contributed by atoms with van der Waals surface area (Å²) in [5.74, 6) is 0. The predicted octanol–water partition coefficient (Wildman–Crippen LogP) is 3.15. The normalized spacial score (nSPS) is 9.33. The van der Waals surface area contributed by atoms with Crippen LogP contribution in [0, 0.1) is 0 Å². The van der Waals surface area contributed by atoms with E-state index >= 15 is 0 Å². The minimum Gasteiger partial charge on any atom is -0.360 e. The second-order valence-corrected chi connectivity index (χ2v) is 4.10. The SMILES string of the molecule is CC(C)NC(=S)Nc1ccc(Cl)cc1.S. The van der Waals surface area contributed by atoms with Gasteiger partial charge in [-0.15, -0.1) is 0 Å². The van der Waals surface area contributed by atoms with E-state index in [1.807, 2.05) is 38.1 Å². The molecule has 0 unspecified atom stereocenters. The molecule has 0 saturated heterocycles. The number of benzene rings is 1. The van der Waals surface area contributed by atoms with E-state index < -0.39 is 0 Å². The first-order chi connectivity index (χ1) is 6.58. The summed E-state index contributed by atoms with van der Waals surface area (Å²) >= 11 is 10.8. The summed E-state index contributed by atoms with van der Waals surface area (Å²) in [7, 11) is 0. The molecule has 2 nitrogen and oxygen atoms in total. The van der Waals surface area contributed by atoms with Crippen molar-refractivity contribution < 1.29 is 0 Å². The van der Waals surface area contributed by atoms with Crippen molar-refractivity contribution in [3.63, 3.8) is 0 Å². The number of anilines is 1. The van der Waals surface area contributed by atoms with Crippen LogP contribution in [-0.2, 0) is 0 Å². The van der Waals surface area contributed by atoms with Crippen molar-refractivity contribution in [2.45, 2.75) is 19.9 Å². The Kier molecular flexibility index (Phi) is 6.72. The van der Waals surface area contributed by atoms with E-state index in [4.69, 9.17) is 23.8 Å². The summed E-state index contributed by atoms with van der Waals surface area (Å²) in [5.41, 5.74) is 0.938. The van der Waals surface area contributed by atoms with Crippen LogP contribution in [0.1, 0.15) is 13.8 Å². The Morgan fingerprint density at radius 3 is 2.27 bits per heavy atom. The number of thiocarbonyl (C=S) groups is 1. The highest BCUT2D eigenvalue weighted by molar-refractivity contribution is 7.80. The molecular formula is C10H15ClN2S2. The van der Waals surface area contributed by atoms with Gasteiger partial charge in [-0.1, -0.05) is 11.6 Å². The lowest BCUT2D eigenvalue weighted by atomic mass is 10.3. The largest absolute Gasteiger partial charge is 0.360 e. The third kappa shape index (κ3) is 5.87. The Balaban J connectivity index is 0.00000196. The van der Waals surface area contributed by atoms with Crippen molar-refractivity contribution in [3.05, 3.63) is 29.3 Å². The lowest BCUT2D eigenvalue weighted by molar-refractivity contribution is 0.739. The smallest absolute Gasteiger partial charge is 0.170 e. The fourth-order valence-electron chi connectivity index (χ4n) is 0.963. The molecule has 2 N–H and O–H groups in total. The van der Waals surface area contributed by atoms with E-state index in [-0.39, 0.29) is 13.5 Å². The zero-order chi connectivity index (χ0) is 10.6. The molecule has 1 aromatic rings. The second-order valence-electron chi connectivity index (χ2n) is 3.26. The molecule has 5 heteroatoms. The van der Waals surface area contributed by atoms with Gasteiger partial charge in [0.25, 0.3) is 0 Å². The summed E-state index contributed by atoms with van der Waals surface area (Å²) in [5, 5.41) is 7.50. The molecular weight excluding hydrogens is 248 g/mol. The van der Waals surface area contributed by atoms with Crippen molar-refractivity contribution in [1.29, 1.82) is 0 Å². The first-order valence-electron chi connectivity index (χ1n) is 4.41. The third-order valence-electron chi connectivity index (χ3n) is 1.52. The summed E-state index contributed by atoms with van der Waals surface area (Å²) in [6.07, 6.45) is 0. The lowest BCUT2D eigenvalue weighted by Crippen LogP contribution is -2.33. The topological polar surface area (TPSA) is 24.1 Å². The van der Waals surface area contributed by atoms with Gasteiger partial charge in [-0.25, -0.2) is 0 Å². The van der Waals surface area contributed by atoms with Crippen LogP contribution in [0.25, 0.3) is 0 Å². The van der Waals surface area contributed by atoms with Crippen molar-refractivity contribution in [2.75, 3.05) is 5.32 Å². The number of rotatable bonds is 2. The molecule has 1 rings (SSSR count). The molecule has 0 atom stereocenters. The first kappa shape index (κ1) is 14.6. The Hall–Kier alpha value is -0.450. The average molecular weight is 263 g/mol. The van der Waals surface area contributed by atoms with Gasteiger partial charge in [-0.05, 0) is 50.3 Å². The van der Waals surface area contributed by atoms with E-state index in [9.17, 15) is 0 Å². The van der Waals surface area contributed by atoms with E-state index in [2.05, 4.69) is 10.6 Å². The fourth-order valence-corrected chi connectivity index (χ4v) is 1.44. The standard InChI is InChI=1S/C10H13ClN2S.H2S/c1-7(2)12-10(14)13-9-5-3-8(11)4-6-9;/h3-7H,1-2H3,(H2,12,13,14);1H2. The van der Waals surface area contributed by atoms with Gasteiger partial charge >= 0.3 is 0 Å². The zero-order valence-corrected chi connectivity index (χ0v) is 11.2. The Morgan fingerprint density at radius 2 is 1.80 bits per heavy atom. The molecule has 0 aliphatic heterocycles. The molecule has 0 aliphatic carbocycles. The monoisotopic (exact) mass is 262 g/mol. The maximum atomic E-state index is 5.76. The predicted molar refractivity (Wildman–Crippen MR) is 76.3 cm³/mol. The molecule has 0 fully saturated rings. The summed E-state index contributed by atoms with van der Waals surface area (Å²) in [4.78, 5) is 0. The van der Waals surface area contributed by atoms with Gasteiger partial charge in [0.05, 0.1) is 0 Å². The molecule has 84 valence electrons. The van der Waals surface area contributed by atoms with Gasteiger partial charge in [-0.3, -0.25) is 0 Å². The van der Waals surface area contributed by atoms with Crippen LogP contribution in [-0.4, -0.2) is 11.2 Å². The van der Waals surface area contributed by atoms with Crippen LogP contribution in [0.4, 0.5) is 5.69 Å². The Morgan fingerprint density at radius 1 is 1.27 bits per heavy atom. The van der Waals surface area contributed by atoms with E-state index in [0.29, 0.717) is 11.2 Å². The summed E-state index contributed by atoms with van der Waals surface area (Å²) in [6, 6.07) is 7.75. The van der Waals surface area contributed by atoms with Gasteiger partial charge in [0, 0.05) is 16.8 Å². The van der Waals surface area contributed by atoms with Crippen LogP contribution < -0.4 is 10.6 Å². The van der Waals surface area contributed by atoms with Crippen LogP contribution in [0.3, 0.4) is 0 Å². The van der Waals surface area contributed by atoms with Crippen molar-refractivity contribution >= 4 is 48.1 Å². The molecule has 0 aliphatic rings. The zero-order valence-electron chi connectivity index (χ0n) is 8.67. The molecule has 0 bridgehead atoms. The van der Waals surface area contributed by atoms with E-state index in [1.54, 1.807) is 0 Å². The number of hydrogen-bond acceptors (Lipinski definition) is 1. The molecule has 15 heavy (non-hydrogen) atoms. The summed E-state index contributed by atoms with van der Waals surface area (Å²) in [6.45, 7) is 4.08. The minimum atomic E-state index is 0. The third-order valence-corrected chi connectivity index (χ3v) is 1.99. The molecule has 0 aromatic heterocycles. The fraction of sp³-hybridized carbons (Fsp3) is 0.300. The van der Waals surface area contributed by atoms with Gasteiger partial charge in [-0.2, -0.15) is 13.5 Å². The number of nitrogens with one attached hydrogen (secondary N) is 2. The van der Waals surface area contributed by atoms with Gasteiger partial charge in [0.2, 0.25) is 0 Å². The molecule has 0 amide bonds. The molecule has 1 aromatic carbocycles. The number of halogens is 1. The van der Waals surface area contributed by atoms with E-state index in [1.165, 1.54) is 0 Å². The lowest BCUT2D eigenvalue weighted by Gasteiger charge is -2.12. The van der Waals surface area contributed by atoms with Gasteiger partial charge in [0.15, 0.2) is 5.11 Å². The van der Waals surface area contributed by atoms with Gasteiger partial charge in [0.1, 0.15) is 0 Å². The van der Waals surface area contributed by atoms with E-state index in [0.717, 1.165) is 10.7 Å². The highest BCUT2D eigenvalue weighted by atomic mass is 35.5. The second kappa shape index (κ2) is 6.93. The quantitative estimate of drug-likeness (QED) is 0.801. The van der Waals surface area contributed by atoms with Crippen molar-refractivity contribution in [1.82, 2.24) is 5.32 Å². The number of hydrogen-bond donors (Lipinski definition) is 2. The maximum absolute atomic E-state index is 5.76. The molecule has 0 saturated carbocycles. The highest BCUT2D eigenvalue weighted by Crippen LogP contribution is 2.13. The summed E-state index contributed by atoms with van der Waals surface area (Å²) < 4.78 is 0. The van der Waals surface area contributed by atoms with Crippen molar-refractivity contribution in [2.24, 2.45) is 0 Å². The maximum Gasteiger partial charge on any atom is 0.170 e. The van der Waals surface area contributed by atoms with Crippen molar-refractivity contribution in [3.8, 4) is 0 Å². The van der Waals surface area contributed by atoms with Crippen LogP contribution in [0.2, 0.25) is 5.02 Å². The first-order valence-corrected chi connectivity index (χ1v) is 5.19. The van der Waals surface area contributed by atoms with Crippen LogP contribution in [0.5, 0.6) is 0 Å². The molecule has 0 spiro atoms. The average Bonchev–Trinajstić information content (AvgIpc) is 2.07. The van der Waals surface area contributed by atoms with Gasteiger partial charge < -0.3 is 10.6 Å².